The van der Waals surface area contributed by atoms with Crippen molar-refractivity contribution in [3.63, 3.8) is 0 Å². The fourth-order valence-electron chi connectivity index (χ4n) is 2.99. The second-order valence-electron chi connectivity index (χ2n) is 6.40. The third kappa shape index (κ3) is 5.56. The van der Waals surface area contributed by atoms with Crippen LogP contribution >= 0.6 is 23.2 Å². The molecule has 1 aromatic carbocycles. The third-order valence-corrected chi connectivity index (χ3v) is 4.91. The summed E-state index contributed by atoms with van der Waals surface area (Å²) in [5.41, 5.74) is 0.623. The minimum Gasteiger partial charge on any atom is -0.466 e. The van der Waals surface area contributed by atoms with E-state index < -0.39 is 36.3 Å². The van der Waals surface area contributed by atoms with E-state index in [2.05, 4.69) is 10.6 Å². The van der Waals surface area contributed by atoms with Crippen molar-refractivity contribution in [2.24, 2.45) is 5.92 Å². The van der Waals surface area contributed by atoms with Gasteiger partial charge in [0, 0.05) is 16.4 Å². The second-order valence-corrected chi connectivity index (χ2v) is 7.24. The van der Waals surface area contributed by atoms with Gasteiger partial charge in [-0.2, -0.15) is 0 Å². The van der Waals surface area contributed by atoms with Gasteiger partial charge in [-0.15, -0.1) is 0 Å². The Balaban J connectivity index is 2.23. The first-order valence-corrected chi connectivity index (χ1v) is 9.63. The van der Waals surface area contributed by atoms with Crippen molar-refractivity contribution in [3.8, 4) is 0 Å². The number of hydrogen-bond acceptors (Lipinski definition) is 8. The number of hydrogen-bond donors (Lipinski definition) is 2. The Morgan fingerprint density at radius 2 is 1.55 bits per heavy atom. The molecule has 1 aliphatic heterocycles. The van der Waals surface area contributed by atoms with Crippen LogP contribution in [0.5, 0.6) is 0 Å². The van der Waals surface area contributed by atoms with E-state index >= 15 is 0 Å². The zero-order valence-electron chi connectivity index (χ0n) is 17.1. The smallest absolute Gasteiger partial charge is 0.336 e. The number of carbonyl (C=O) groups excluding carboxylic acids is 4. The molecule has 0 bridgehead atoms. The first-order valence-electron chi connectivity index (χ1n) is 8.87. The van der Waals surface area contributed by atoms with Crippen LogP contribution in [-0.2, 0) is 33.4 Å². The highest BCUT2D eigenvalue weighted by Crippen LogP contribution is 2.32. The zero-order chi connectivity index (χ0) is 23.3. The molecule has 9 nitrogen and oxygen atoms in total. The molecule has 0 fully saturated rings. The molecule has 166 valence electrons. The average Bonchev–Trinajstić information content (AvgIpc) is 2.72. The van der Waals surface area contributed by atoms with Crippen LogP contribution in [0.4, 0.5) is 5.69 Å². The zero-order valence-corrected chi connectivity index (χ0v) is 18.6. The van der Waals surface area contributed by atoms with Crippen LogP contribution in [0.3, 0.4) is 0 Å². The Morgan fingerprint density at radius 3 is 2.03 bits per heavy atom. The second kappa shape index (κ2) is 10.3. The fraction of sp³-hybridized carbons (Fsp3) is 0.300. The summed E-state index contributed by atoms with van der Waals surface area (Å²) >= 11 is 11.8. The quantitative estimate of drug-likeness (QED) is 0.480. The topological polar surface area (TPSA) is 120 Å². The summed E-state index contributed by atoms with van der Waals surface area (Å²) in [7, 11) is 2.27. The molecular formula is C20H20Cl2N2O7. The SMILES string of the molecule is COC(=O)C1=C(C)NC(C)=C(C(=O)OC)C1C(=O)OCC(=O)Nc1ccc(Cl)cc1Cl. The fourth-order valence-corrected chi connectivity index (χ4v) is 3.44. The van der Waals surface area contributed by atoms with Gasteiger partial charge in [-0.05, 0) is 32.0 Å². The van der Waals surface area contributed by atoms with Crippen molar-refractivity contribution < 1.29 is 33.4 Å². The molecule has 0 saturated carbocycles. The maximum Gasteiger partial charge on any atom is 0.336 e. The van der Waals surface area contributed by atoms with Crippen LogP contribution < -0.4 is 10.6 Å². The minimum absolute atomic E-state index is 0.125. The van der Waals surface area contributed by atoms with Crippen LogP contribution in [0.1, 0.15) is 13.8 Å². The van der Waals surface area contributed by atoms with E-state index in [1.807, 2.05) is 0 Å². The molecule has 1 amide bonds. The lowest BCUT2D eigenvalue weighted by Crippen LogP contribution is -2.38. The Morgan fingerprint density at radius 1 is 1.00 bits per heavy atom. The van der Waals surface area contributed by atoms with Crippen LogP contribution in [0.2, 0.25) is 10.0 Å². The summed E-state index contributed by atoms with van der Waals surface area (Å²) in [6.07, 6.45) is 0. The van der Waals surface area contributed by atoms with Crippen LogP contribution in [0.25, 0.3) is 0 Å². The maximum atomic E-state index is 12.9. The van der Waals surface area contributed by atoms with Crippen molar-refractivity contribution in [2.75, 3.05) is 26.1 Å². The van der Waals surface area contributed by atoms with Gasteiger partial charge >= 0.3 is 17.9 Å². The molecule has 0 aliphatic carbocycles. The molecule has 0 aromatic heterocycles. The van der Waals surface area contributed by atoms with Gasteiger partial charge in [-0.25, -0.2) is 9.59 Å². The average molecular weight is 471 g/mol. The van der Waals surface area contributed by atoms with Gasteiger partial charge in [0.1, 0.15) is 5.92 Å². The van der Waals surface area contributed by atoms with Crippen molar-refractivity contribution in [2.45, 2.75) is 13.8 Å². The number of ether oxygens (including phenoxy) is 3. The van der Waals surface area contributed by atoms with E-state index in [-0.39, 0.29) is 21.9 Å². The van der Waals surface area contributed by atoms with E-state index in [0.717, 1.165) is 14.2 Å². The van der Waals surface area contributed by atoms with Gasteiger partial charge in [0.2, 0.25) is 0 Å². The van der Waals surface area contributed by atoms with E-state index in [1.54, 1.807) is 13.8 Å². The molecule has 1 aromatic rings. The maximum absolute atomic E-state index is 12.9. The predicted molar refractivity (Wildman–Crippen MR) is 112 cm³/mol. The summed E-state index contributed by atoms with van der Waals surface area (Å²) in [6.45, 7) is 2.39. The summed E-state index contributed by atoms with van der Waals surface area (Å²) in [4.78, 5) is 49.7. The monoisotopic (exact) mass is 470 g/mol. The molecule has 1 heterocycles. The first-order chi connectivity index (χ1) is 14.6. The number of benzene rings is 1. The van der Waals surface area contributed by atoms with E-state index in [0.29, 0.717) is 16.4 Å². The van der Waals surface area contributed by atoms with Gasteiger partial charge in [-0.1, -0.05) is 23.2 Å². The molecule has 0 atom stereocenters. The van der Waals surface area contributed by atoms with Gasteiger partial charge in [0.15, 0.2) is 6.61 Å². The number of nitrogens with one attached hydrogen (secondary N) is 2. The van der Waals surface area contributed by atoms with Gasteiger partial charge in [0.05, 0.1) is 36.1 Å². The molecule has 2 rings (SSSR count). The number of esters is 3. The molecule has 2 N–H and O–H groups in total. The molecule has 31 heavy (non-hydrogen) atoms. The number of amides is 1. The lowest BCUT2D eigenvalue weighted by molar-refractivity contribution is -0.152. The Hall–Kier alpha value is -3.04. The Labute approximate surface area is 188 Å². The van der Waals surface area contributed by atoms with Gasteiger partial charge < -0.3 is 24.8 Å². The minimum atomic E-state index is -1.44. The van der Waals surface area contributed by atoms with Crippen LogP contribution in [-0.4, -0.2) is 44.6 Å². The standard InChI is InChI=1S/C20H20Cl2N2O7/c1-9-15(18(26)29-3)17(16(10(2)23-9)19(27)30-4)20(28)31-8-14(25)24-13-6-5-11(21)7-12(13)22/h5-7,17,23H,8H2,1-4H3,(H,24,25). The summed E-state index contributed by atoms with van der Waals surface area (Å²) in [5, 5.41) is 5.91. The van der Waals surface area contributed by atoms with Crippen molar-refractivity contribution in [3.05, 3.63) is 50.8 Å². The van der Waals surface area contributed by atoms with Crippen LogP contribution in [0.15, 0.2) is 40.7 Å². The number of dihydropyridines is 1. The predicted octanol–water partition coefficient (Wildman–Crippen LogP) is 2.59. The lowest BCUT2D eigenvalue weighted by atomic mass is 9.85. The van der Waals surface area contributed by atoms with E-state index in [1.165, 1.54) is 18.2 Å². The molecule has 0 unspecified atom stereocenters. The lowest BCUT2D eigenvalue weighted by Gasteiger charge is -2.28. The van der Waals surface area contributed by atoms with Crippen LogP contribution in [0, 0.1) is 5.92 Å². The first kappa shape index (κ1) is 24.2. The highest BCUT2D eigenvalue weighted by Gasteiger charge is 2.42. The van der Waals surface area contributed by atoms with Crippen molar-refractivity contribution in [1.82, 2.24) is 5.32 Å². The normalized spacial score (nSPS) is 14.0. The van der Waals surface area contributed by atoms with E-state index in [4.69, 9.17) is 37.4 Å². The number of allylic oxidation sites excluding steroid dienone is 2. The Kier molecular flexibility index (Phi) is 8.07. The molecule has 11 heteroatoms. The highest BCUT2D eigenvalue weighted by molar-refractivity contribution is 6.36. The van der Waals surface area contributed by atoms with Gasteiger partial charge in [0.25, 0.3) is 5.91 Å². The highest BCUT2D eigenvalue weighted by atomic mass is 35.5. The molecule has 0 radical (unpaired) electrons. The van der Waals surface area contributed by atoms with E-state index in [9.17, 15) is 19.2 Å². The molecule has 0 spiro atoms. The molecule has 0 saturated heterocycles. The summed E-state index contributed by atoms with van der Waals surface area (Å²) in [5.74, 6) is -4.80. The number of carbonyl (C=O) groups is 4. The third-order valence-electron chi connectivity index (χ3n) is 4.36. The van der Waals surface area contributed by atoms with Crippen molar-refractivity contribution in [1.29, 1.82) is 0 Å². The van der Waals surface area contributed by atoms with Gasteiger partial charge in [-0.3, -0.25) is 9.59 Å². The number of halogens is 2. The number of methoxy groups -OCH3 is 2. The summed E-state index contributed by atoms with van der Waals surface area (Å²) in [6, 6.07) is 4.45. The Bertz CT molecular complexity index is 963. The summed E-state index contributed by atoms with van der Waals surface area (Å²) < 4.78 is 14.6. The molecular weight excluding hydrogens is 451 g/mol. The molecule has 1 aliphatic rings. The number of rotatable bonds is 6. The van der Waals surface area contributed by atoms with Crippen molar-refractivity contribution >= 4 is 52.7 Å². The number of anilines is 1. The largest absolute Gasteiger partial charge is 0.466 e.